The third-order valence-electron chi connectivity index (χ3n) is 4.75. The summed E-state index contributed by atoms with van der Waals surface area (Å²) in [7, 11) is -3.33. The Morgan fingerprint density at radius 2 is 1.89 bits per heavy atom. The van der Waals surface area contributed by atoms with Crippen molar-refractivity contribution in [1.82, 2.24) is 4.72 Å². The predicted molar refractivity (Wildman–Crippen MR) is 75.3 cm³/mol. The molecule has 0 spiro atoms. The Hall–Kier alpha value is -0.870. The zero-order valence-corrected chi connectivity index (χ0v) is 12.1. The molecule has 2 saturated carbocycles. The lowest BCUT2D eigenvalue weighted by molar-refractivity contribution is 0.333. The van der Waals surface area contributed by atoms with Crippen LogP contribution in [0, 0.1) is 24.7 Å². The number of rotatable bonds is 4. The quantitative estimate of drug-likeness (QED) is 0.921. The highest BCUT2D eigenvalue weighted by molar-refractivity contribution is 7.89. The van der Waals surface area contributed by atoms with Crippen LogP contribution in [-0.4, -0.2) is 15.0 Å². The van der Waals surface area contributed by atoms with Gasteiger partial charge in [-0.25, -0.2) is 13.1 Å². The summed E-state index contributed by atoms with van der Waals surface area (Å²) >= 11 is 0. The number of hydrogen-bond donors (Lipinski definition) is 1. The molecule has 3 rings (SSSR count). The van der Waals surface area contributed by atoms with Crippen LogP contribution in [0.4, 0.5) is 0 Å². The molecule has 104 valence electrons. The first-order chi connectivity index (χ1) is 9.04. The molecule has 2 aliphatic rings. The summed E-state index contributed by atoms with van der Waals surface area (Å²) in [6.45, 7) is 2.57. The summed E-state index contributed by atoms with van der Waals surface area (Å²) in [5.41, 5.74) is 1.08. The minimum absolute atomic E-state index is 0.376. The Labute approximate surface area is 115 Å². The van der Waals surface area contributed by atoms with Crippen molar-refractivity contribution in [3.63, 3.8) is 0 Å². The summed E-state index contributed by atoms with van der Waals surface area (Å²) in [6.07, 6.45) is 5.17. The smallest absolute Gasteiger partial charge is 0.211 e. The lowest BCUT2D eigenvalue weighted by Gasteiger charge is -2.21. The van der Waals surface area contributed by atoms with Crippen molar-refractivity contribution in [1.29, 1.82) is 0 Å². The third-order valence-corrected chi connectivity index (χ3v) is 6.19. The van der Waals surface area contributed by atoms with Gasteiger partial charge in [0.15, 0.2) is 0 Å². The van der Waals surface area contributed by atoms with Gasteiger partial charge in [0.25, 0.3) is 0 Å². The van der Waals surface area contributed by atoms with Crippen LogP contribution in [0.2, 0.25) is 0 Å². The molecule has 1 N–H and O–H groups in total. The van der Waals surface area contributed by atoms with Crippen molar-refractivity contribution < 1.29 is 8.42 Å². The summed E-state index contributed by atoms with van der Waals surface area (Å²) in [6, 6.07) is 7.04. The average Bonchev–Trinajstić information content (AvgIpc) is 2.99. The second kappa shape index (κ2) is 4.91. The van der Waals surface area contributed by atoms with Crippen LogP contribution >= 0.6 is 0 Å². The van der Waals surface area contributed by atoms with Gasteiger partial charge in [-0.2, -0.15) is 0 Å². The van der Waals surface area contributed by atoms with E-state index in [4.69, 9.17) is 0 Å². The Kier molecular flexibility index (Phi) is 3.39. The van der Waals surface area contributed by atoms with Gasteiger partial charge in [0.05, 0.1) is 4.90 Å². The van der Waals surface area contributed by atoms with Crippen molar-refractivity contribution in [3.05, 3.63) is 29.8 Å². The summed E-state index contributed by atoms with van der Waals surface area (Å²) < 4.78 is 27.2. The predicted octanol–water partition coefficient (Wildman–Crippen LogP) is 2.71. The van der Waals surface area contributed by atoms with Crippen molar-refractivity contribution in [2.75, 3.05) is 6.54 Å². The minimum Gasteiger partial charge on any atom is -0.211 e. The first kappa shape index (κ1) is 13.1. The molecule has 0 unspecified atom stereocenters. The fraction of sp³-hybridized carbons (Fsp3) is 0.600. The molecule has 19 heavy (non-hydrogen) atoms. The molecule has 2 bridgehead atoms. The molecule has 2 aliphatic carbocycles. The highest BCUT2D eigenvalue weighted by atomic mass is 32.2. The van der Waals surface area contributed by atoms with Gasteiger partial charge in [-0.15, -0.1) is 0 Å². The zero-order chi connectivity index (χ0) is 13.5. The van der Waals surface area contributed by atoms with Crippen LogP contribution in [0.15, 0.2) is 29.2 Å². The van der Waals surface area contributed by atoms with E-state index < -0.39 is 10.0 Å². The van der Waals surface area contributed by atoms with Gasteiger partial charge in [-0.05, 0) is 56.1 Å². The van der Waals surface area contributed by atoms with Crippen LogP contribution in [0.3, 0.4) is 0 Å². The molecule has 1 aromatic rings. The highest BCUT2D eigenvalue weighted by Gasteiger charge is 2.39. The van der Waals surface area contributed by atoms with Gasteiger partial charge in [-0.1, -0.05) is 24.1 Å². The fourth-order valence-corrected chi connectivity index (χ4v) is 4.74. The molecule has 0 aromatic heterocycles. The second-order valence-electron chi connectivity index (χ2n) is 6.10. The van der Waals surface area contributed by atoms with E-state index in [1.807, 2.05) is 19.1 Å². The monoisotopic (exact) mass is 279 g/mol. The van der Waals surface area contributed by atoms with Crippen LogP contribution in [0.1, 0.15) is 31.2 Å². The molecule has 0 aliphatic heterocycles. The van der Waals surface area contributed by atoms with Crippen molar-refractivity contribution in [2.45, 2.75) is 37.5 Å². The number of aryl methyl sites for hydroxylation is 1. The van der Waals surface area contributed by atoms with E-state index in [0.717, 1.165) is 17.4 Å². The van der Waals surface area contributed by atoms with Gasteiger partial charge in [0.1, 0.15) is 0 Å². The summed E-state index contributed by atoms with van der Waals surface area (Å²) in [4.78, 5) is 0.376. The molecule has 2 fully saturated rings. The maximum Gasteiger partial charge on any atom is 0.240 e. The van der Waals surface area contributed by atoms with Gasteiger partial charge >= 0.3 is 0 Å². The van der Waals surface area contributed by atoms with Crippen molar-refractivity contribution in [3.8, 4) is 0 Å². The number of hydrogen-bond acceptors (Lipinski definition) is 2. The van der Waals surface area contributed by atoms with Gasteiger partial charge in [-0.3, -0.25) is 0 Å². The van der Waals surface area contributed by atoms with Gasteiger partial charge < -0.3 is 0 Å². The molecule has 0 heterocycles. The molecule has 4 heteroatoms. The molecule has 3 nitrogen and oxygen atoms in total. The van der Waals surface area contributed by atoms with Crippen molar-refractivity contribution in [2.24, 2.45) is 17.8 Å². The Morgan fingerprint density at radius 1 is 1.16 bits per heavy atom. The van der Waals surface area contributed by atoms with E-state index in [1.54, 1.807) is 12.1 Å². The molecular formula is C15H21NO2S. The van der Waals surface area contributed by atoms with Gasteiger partial charge in [0, 0.05) is 6.54 Å². The average molecular weight is 279 g/mol. The number of fused-ring (bicyclic) bond motifs is 2. The highest BCUT2D eigenvalue weighted by Crippen LogP contribution is 2.48. The van der Waals surface area contributed by atoms with E-state index >= 15 is 0 Å². The minimum atomic E-state index is -3.33. The third kappa shape index (κ3) is 2.70. The molecule has 3 atom stereocenters. The van der Waals surface area contributed by atoms with Crippen LogP contribution in [0.5, 0.6) is 0 Å². The van der Waals surface area contributed by atoms with Crippen molar-refractivity contribution >= 4 is 10.0 Å². The SMILES string of the molecule is Cc1ccc(S(=O)(=O)NC[C@H]2C[C@@H]3CC[C@@H]2C3)cc1. The van der Waals surface area contributed by atoms with Crippen LogP contribution in [0.25, 0.3) is 0 Å². The normalized spacial score (nSPS) is 29.8. The number of sulfonamides is 1. The fourth-order valence-electron chi connectivity index (χ4n) is 3.64. The molecule has 1 aromatic carbocycles. The maximum atomic E-state index is 12.2. The maximum absolute atomic E-state index is 12.2. The van der Waals surface area contributed by atoms with E-state index in [0.29, 0.717) is 17.4 Å². The first-order valence-electron chi connectivity index (χ1n) is 7.11. The number of benzene rings is 1. The van der Waals surface area contributed by atoms with Crippen LogP contribution in [-0.2, 0) is 10.0 Å². The Balaban J connectivity index is 1.64. The molecule has 0 radical (unpaired) electrons. The summed E-state index contributed by atoms with van der Waals surface area (Å²) in [5, 5.41) is 0. The van der Waals surface area contributed by atoms with E-state index in [9.17, 15) is 8.42 Å². The second-order valence-corrected chi connectivity index (χ2v) is 7.87. The number of nitrogens with one attached hydrogen (secondary N) is 1. The lowest BCUT2D eigenvalue weighted by Crippen LogP contribution is -2.31. The first-order valence-corrected chi connectivity index (χ1v) is 8.59. The standard InChI is InChI=1S/C15H21NO2S/c1-11-2-6-15(7-3-11)19(17,18)16-10-14-9-12-4-5-13(14)8-12/h2-3,6-7,12-14,16H,4-5,8-10H2,1H3/t12-,13-,14-/m1/s1. The molecular weight excluding hydrogens is 258 g/mol. The Bertz CT molecular complexity index is 550. The van der Waals surface area contributed by atoms with E-state index in [2.05, 4.69) is 4.72 Å². The largest absolute Gasteiger partial charge is 0.240 e. The van der Waals surface area contributed by atoms with Crippen LogP contribution < -0.4 is 4.72 Å². The lowest BCUT2D eigenvalue weighted by atomic mass is 9.89. The van der Waals surface area contributed by atoms with Gasteiger partial charge in [0.2, 0.25) is 10.0 Å². The topological polar surface area (TPSA) is 46.2 Å². The summed E-state index contributed by atoms with van der Waals surface area (Å²) in [5.74, 6) is 2.17. The van der Waals surface area contributed by atoms with E-state index in [-0.39, 0.29) is 0 Å². The van der Waals surface area contributed by atoms with E-state index in [1.165, 1.54) is 25.7 Å². The Morgan fingerprint density at radius 3 is 2.47 bits per heavy atom. The molecule has 0 amide bonds. The molecule has 0 saturated heterocycles. The zero-order valence-electron chi connectivity index (χ0n) is 11.3.